The van der Waals surface area contributed by atoms with E-state index in [0.29, 0.717) is 16.7 Å². The lowest BCUT2D eigenvalue weighted by Gasteiger charge is -2.14. The van der Waals surface area contributed by atoms with Gasteiger partial charge >= 0.3 is 0 Å². The third-order valence-corrected chi connectivity index (χ3v) is 5.55. The van der Waals surface area contributed by atoms with Crippen molar-refractivity contribution >= 4 is 28.5 Å². The first-order valence-corrected chi connectivity index (χ1v) is 9.47. The molecule has 2 amide bonds. The second-order valence-electron chi connectivity index (χ2n) is 7.41. The molecule has 1 aliphatic rings. The number of fused-ring (bicyclic) bond motifs is 3. The predicted octanol–water partition coefficient (Wildman–Crippen LogP) is 4.29. The monoisotopic (exact) mass is 400 g/mol. The van der Waals surface area contributed by atoms with Gasteiger partial charge in [-0.05, 0) is 56.2 Å². The fourth-order valence-corrected chi connectivity index (χ4v) is 3.85. The molecule has 0 spiro atoms. The Morgan fingerprint density at radius 1 is 0.933 bits per heavy atom. The number of carbonyl (C=O) groups is 2. The van der Waals surface area contributed by atoms with Crippen molar-refractivity contribution in [3.63, 3.8) is 0 Å². The van der Waals surface area contributed by atoms with Crippen LogP contribution in [0.15, 0.2) is 48.7 Å². The lowest BCUT2D eigenvalue weighted by atomic mass is 10.1. The minimum Gasteiger partial charge on any atom is -0.268 e. The molecule has 0 saturated heterocycles. The SMILES string of the molecule is Cc1ccc(-n2nc(C)c3c4c(cnc32)C(=O)N(c2ccccc2F)C4=O)cc1C. The number of aryl methyl sites for hydroxylation is 3. The summed E-state index contributed by atoms with van der Waals surface area (Å²) in [5.74, 6) is -1.80. The highest BCUT2D eigenvalue weighted by atomic mass is 19.1. The maximum atomic E-state index is 14.3. The summed E-state index contributed by atoms with van der Waals surface area (Å²) in [5.41, 5.74) is 4.41. The van der Waals surface area contributed by atoms with Crippen molar-refractivity contribution in [2.75, 3.05) is 4.90 Å². The number of amides is 2. The average molecular weight is 400 g/mol. The first kappa shape index (κ1) is 18.2. The summed E-state index contributed by atoms with van der Waals surface area (Å²) in [6.07, 6.45) is 1.37. The van der Waals surface area contributed by atoms with Gasteiger partial charge in [0, 0.05) is 6.20 Å². The van der Waals surface area contributed by atoms with E-state index in [4.69, 9.17) is 0 Å². The molecule has 0 aliphatic carbocycles. The van der Waals surface area contributed by atoms with E-state index in [0.717, 1.165) is 21.7 Å². The zero-order valence-electron chi connectivity index (χ0n) is 16.6. The molecule has 0 atom stereocenters. The Labute approximate surface area is 171 Å². The number of halogens is 1. The van der Waals surface area contributed by atoms with Gasteiger partial charge < -0.3 is 0 Å². The third kappa shape index (κ3) is 2.41. The Morgan fingerprint density at radius 2 is 1.70 bits per heavy atom. The van der Waals surface area contributed by atoms with E-state index in [1.807, 2.05) is 32.0 Å². The Kier molecular flexibility index (Phi) is 3.83. The van der Waals surface area contributed by atoms with Gasteiger partial charge in [-0.15, -0.1) is 0 Å². The van der Waals surface area contributed by atoms with Gasteiger partial charge in [0.2, 0.25) is 0 Å². The van der Waals surface area contributed by atoms with E-state index in [1.54, 1.807) is 17.7 Å². The lowest BCUT2D eigenvalue weighted by molar-refractivity contribution is 0.0925. The Hall–Kier alpha value is -3.87. The summed E-state index contributed by atoms with van der Waals surface area (Å²) < 4.78 is 16.0. The summed E-state index contributed by atoms with van der Waals surface area (Å²) in [6, 6.07) is 11.6. The number of aromatic nitrogens is 3. The number of hydrogen-bond donors (Lipinski definition) is 0. The summed E-state index contributed by atoms with van der Waals surface area (Å²) in [6.45, 7) is 5.81. The fourth-order valence-electron chi connectivity index (χ4n) is 3.85. The van der Waals surface area contributed by atoms with Gasteiger partial charge in [-0.25, -0.2) is 19.0 Å². The normalized spacial score (nSPS) is 13.4. The molecule has 6 nitrogen and oxygen atoms in total. The second kappa shape index (κ2) is 6.32. The minimum absolute atomic E-state index is 0.0731. The van der Waals surface area contributed by atoms with Crippen LogP contribution in [0.2, 0.25) is 0 Å². The maximum absolute atomic E-state index is 14.3. The zero-order valence-corrected chi connectivity index (χ0v) is 16.6. The molecule has 30 heavy (non-hydrogen) atoms. The molecule has 7 heteroatoms. The van der Waals surface area contributed by atoms with Crippen LogP contribution in [-0.2, 0) is 0 Å². The van der Waals surface area contributed by atoms with Crippen LogP contribution >= 0.6 is 0 Å². The number of hydrogen-bond acceptors (Lipinski definition) is 4. The van der Waals surface area contributed by atoms with Crippen LogP contribution in [0, 0.1) is 26.6 Å². The van der Waals surface area contributed by atoms with Crippen LogP contribution in [0.1, 0.15) is 37.5 Å². The highest BCUT2D eigenvalue weighted by Crippen LogP contribution is 2.35. The van der Waals surface area contributed by atoms with E-state index in [-0.39, 0.29) is 16.8 Å². The molecule has 3 heterocycles. The van der Waals surface area contributed by atoms with Crippen LogP contribution in [0.5, 0.6) is 0 Å². The van der Waals surface area contributed by atoms with Gasteiger partial charge in [0.05, 0.1) is 33.6 Å². The van der Waals surface area contributed by atoms with E-state index >= 15 is 0 Å². The topological polar surface area (TPSA) is 68.1 Å². The highest BCUT2D eigenvalue weighted by molar-refractivity contribution is 6.37. The number of imide groups is 1. The molecule has 2 aromatic heterocycles. The number of rotatable bonds is 2. The number of carbonyl (C=O) groups excluding carboxylic acids is 2. The Bertz CT molecular complexity index is 1390. The largest absolute Gasteiger partial charge is 0.268 e. The van der Waals surface area contributed by atoms with Crippen LogP contribution in [-0.4, -0.2) is 26.6 Å². The maximum Gasteiger partial charge on any atom is 0.267 e. The van der Waals surface area contributed by atoms with Crippen LogP contribution in [0.4, 0.5) is 10.1 Å². The summed E-state index contributed by atoms with van der Waals surface area (Å²) in [7, 11) is 0. The first-order chi connectivity index (χ1) is 14.4. The van der Waals surface area contributed by atoms with Gasteiger partial charge in [0.25, 0.3) is 11.8 Å². The van der Waals surface area contributed by atoms with E-state index < -0.39 is 17.6 Å². The standard InChI is InChI=1S/C23H17FN4O2/c1-12-8-9-15(10-13(12)2)28-21-19(14(3)26-28)20-16(11-25-21)22(29)27(23(20)30)18-7-5-4-6-17(18)24/h4-11H,1-3H3. The second-order valence-corrected chi connectivity index (χ2v) is 7.41. The van der Waals surface area contributed by atoms with Gasteiger partial charge in [0.1, 0.15) is 5.82 Å². The quantitative estimate of drug-likeness (QED) is 0.471. The van der Waals surface area contributed by atoms with Crippen molar-refractivity contribution in [3.8, 4) is 5.69 Å². The van der Waals surface area contributed by atoms with Crippen molar-refractivity contribution < 1.29 is 14.0 Å². The highest BCUT2D eigenvalue weighted by Gasteiger charge is 2.41. The molecule has 148 valence electrons. The minimum atomic E-state index is -0.640. The molecule has 1 aliphatic heterocycles. The number of nitrogens with zero attached hydrogens (tertiary/aromatic N) is 4. The van der Waals surface area contributed by atoms with Crippen LogP contribution in [0.25, 0.3) is 16.7 Å². The van der Waals surface area contributed by atoms with E-state index in [9.17, 15) is 14.0 Å². The number of para-hydroxylation sites is 1. The molecule has 0 unspecified atom stereocenters. The molecule has 5 rings (SSSR count). The number of anilines is 1. The van der Waals surface area contributed by atoms with Crippen molar-refractivity contribution in [1.29, 1.82) is 0 Å². The van der Waals surface area contributed by atoms with Crippen molar-refractivity contribution in [2.24, 2.45) is 0 Å². The average Bonchev–Trinajstić information content (AvgIpc) is 3.19. The lowest BCUT2D eigenvalue weighted by Crippen LogP contribution is -2.30. The van der Waals surface area contributed by atoms with Gasteiger partial charge in [-0.1, -0.05) is 18.2 Å². The number of pyridine rings is 1. The third-order valence-electron chi connectivity index (χ3n) is 5.55. The van der Waals surface area contributed by atoms with Gasteiger partial charge in [0.15, 0.2) is 5.65 Å². The van der Waals surface area contributed by atoms with Crippen LogP contribution < -0.4 is 4.90 Å². The van der Waals surface area contributed by atoms with Crippen molar-refractivity contribution in [2.45, 2.75) is 20.8 Å². The fraction of sp³-hybridized carbons (Fsp3) is 0.130. The molecule has 4 aromatic rings. The van der Waals surface area contributed by atoms with Crippen molar-refractivity contribution in [3.05, 3.63) is 82.4 Å². The summed E-state index contributed by atoms with van der Waals surface area (Å²) >= 11 is 0. The van der Waals surface area contributed by atoms with Crippen molar-refractivity contribution in [1.82, 2.24) is 14.8 Å². The van der Waals surface area contributed by atoms with Crippen LogP contribution in [0.3, 0.4) is 0 Å². The van der Waals surface area contributed by atoms with E-state index in [2.05, 4.69) is 10.1 Å². The van der Waals surface area contributed by atoms with Gasteiger partial charge in [-0.2, -0.15) is 5.10 Å². The molecule has 0 radical (unpaired) electrons. The molecule has 0 N–H and O–H groups in total. The molecule has 0 fully saturated rings. The zero-order chi connectivity index (χ0) is 21.2. The molecular formula is C23H17FN4O2. The Morgan fingerprint density at radius 3 is 2.43 bits per heavy atom. The van der Waals surface area contributed by atoms with Gasteiger partial charge in [-0.3, -0.25) is 9.59 Å². The smallest absolute Gasteiger partial charge is 0.267 e. The predicted molar refractivity (Wildman–Crippen MR) is 111 cm³/mol. The summed E-state index contributed by atoms with van der Waals surface area (Å²) in [5, 5.41) is 5.08. The molecule has 0 bridgehead atoms. The Balaban J connectivity index is 1.73. The molecule has 0 saturated carbocycles. The number of benzene rings is 2. The van der Waals surface area contributed by atoms with E-state index in [1.165, 1.54) is 24.4 Å². The molecular weight excluding hydrogens is 383 g/mol. The summed E-state index contributed by atoms with van der Waals surface area (Å²) in [4.78, 5) is 31.5. The molecule has 2 aromatic carbocycles. The first-order valence-electron chi connectivity index (χ1n) is 9.47.